The molecule has 0 aliphatic heterocycles. The number of anilines is 1. The topological polar surface area (TPSA) is 52.9 Å². The van der Waals surface area contributed by atoms with E-state index in [4.69, 9.17) is 5.26 Å². The largest absolute Gasteiger partial charge is 0.321 e. The van der Waals surface area contributed by atoms with Gasteiger partial charge >= 0.3 is 0 Å². The lowest BCUT2D eigenvalue weighted by Crippen LogP contribution is -2.10. The summed E-state index contributed by atoms with van der Waals surface area (Å²) in [7, 11) is 0. The molecule has 1 aromatic heterocycles. The molecule has 0 saturated heterocycles. The number of carbonyl (C=O) groups is 1. The standard InChI is InChI=1S/C12H5Br2FN2OS/c13-8-4-10(19-11(8)14)12(18)17-7-1-2-9(15)6(3-7)5-16/h1-4H,(H,17,18). The highest BCUT2D eigenvalue weighted by Crippen LogP contribution is 2.32. The predicted octanol–water partition coefficient (Wildman–Crippen LogP) is 4.54. The van der Waals surface area contributed by atoms with Crippen LogP contribution in [0.4, 0.5) is 10.1 Å². The summed E-state index contributed by atoms with van der Waals surface area (Å²) >= 11 is 7.87. The van der Waals surface area contributed by atoms with Crippen LogP contribution in [0.5, 0.6) is 0 Å². The molecule has 0 atom stereocenters. The average molecular weight is 404 g/mol. The fraction of sp³-hybridized carbons (Fsp3) is 0. The van der Waals surface area contributed by atoms with Crippen molar-refractivity contribution in [2.24, 2.45) is 0 Å². The van der Waals surface area contributed by atoms with Gasteiger partial charge in [-0.3, -0.25) is 4.79 Å². The molecular weight excluding hydrogens is 399 g/mol. The van der Waals surface area contributed by atoms with Crippen molar-refractivity contribution in [3.8, 4) is 6.07 Å². The summed E-state index contributed by atoms with van der Waals surface area (Å²) < 4.78 is 14.7. The summed E-state index contributed by atoms with van der Waals surface area (Å²) in [4.78, 5) is 12.4. The van der Waals surface area contributed by atoms with Crippen molar-refractivity contribution in [3.63, 3.8) is 0 Å². The number of nitriles is 1. The molecule has 1 heterocycles. The molecule has 0 bridgehead atoms. The van der Waals surface area contributed by atoms with Crippen LogP contribution in [0.3, 0.4) is 0 Å². The van der Waals surface area contributed by atoms with Gasteiger partial charge in [-0.25, -0.2) is 4.39 Å². The molecule has 7 heteroatoms. The van der Waals surface area contributed by atoms with Crippen LogP contribution in [0.2, 0.25) is 0 Å². The molecule has 96 valence electrons. The Balaban J connectivity index is 2.22. The van der Waals surface area contributed by atoms with E-state index in [0.29, 0.717) is 10.6 Å². The molecule has 0 spiro atoms. The van der Waals surface area contributed by atoms with Gasteiger partial charge in [0.15, 0.2) is 0 Å². The van der Waals surface area contributed by atoms with Crippen molar-refractivity contribution in [2.45, 2.75) is 0 Å². The molecular formula is C12H5Br2FN2OS. The number of hydrogen-bond donors (Lipinski definition) is 1. The highest BCUT2D eigenvalue weighted by Gasteiger charge is 2.13. The maximum atomic E-state index is 13.1. The number of halogens is 3. The molecule has 1 N–H and O–H groups in total. The molecule has 1 aromatic carbocycles. The number of nitrogens with one attached hydrogen (secondary N) is 1. The first-order valence-corrected chi connectivity index (χ1v) is 7.37. The second-order valence-corrected chi connectivity index (χ2v) is 6.72. The van der Waals surface area contributed by atoms with E-state index in [-0.39, 0.29) is 11.5 Å². The highest BCUT2D eigenvalue weighted by atomic mass is 79.9. The molecule has 2 aromatic rings. The minimum Gasteiger partial charge on any atom is -0.321 e. The average Bonchev–Trinajstić information content (AvgIpc) is 2.72. The molecule has 0 fully saturated rings. The summed E-state index contributed by atoms with van der Waals surface area (Å²) in [5.41, 5.74) is 0.273. The van der Waals surface area contributed by atoms with Gasteiger partial charge in [-0.1, -0.05) is 0 Å². The van der Waals surface area contributed by atoms with Crippen LogP contribution in [0.25, 0.3) is 0 Å². The van der Waals surface area contributed by atoms with Crippen LogP contribution in [-0.2, 0) is 0 Å². The Morgan fingerprint density at radius 3 is 2.68 bits per heavy atom. The zero-order valence-corrected chi connectivity index (χ0v) is 13.2. The van der Waals surface area contributed by atoms with Crippen LogP contribution in [0.15, 0.2) is 32.5 Å². The Morgan fingerprint density at radius 2 is 2.11 bits per heavy atom. The molecule has 0 radical (unpaired) electrons. The molecule has 0 aliphatic carbocycles. The van der Waals surface area contributed by atoms with Crippen LogP contribution >= 0.6 is 43.2 Å². The fourth-order valence-corrected chi connectivity index (χ4v) is 3.27. The van der Waals surface area contributed by atoms with E-state index >= 15 is 0 Å². The Bertz CT molecular complexity index is 674. The van der Waals surface area contributed by atoms with E-state index < -0.39 is 5.82 Å². The molecule has 1 amide bonds. The zero-order chi connectivity index (χ0) is 14.0. The van der Waals surface area contributed by atoms with Crippen LogP contribution in [0, 0.1) is 17.1 Å². The third kappa shape index (κ3) is 3.21. The zero-order valence-electron chi connectivity index (χ0n) is 9.21. The van der Waals surface area contributed by atoms with Gasteiger partial charge in [-0.05, 0) is 56.1 Å². The van der Waals surface area contributed by atoms with E-state index in [1.54, 1.807) is 12.1 Å². The van der Waals surface area contributed by atoms with Gasteiger partial charge < -0.3 is 5.32 Å². The third-order valence-corrected chi connectivity index (χ3v) is 5.47. The van der Waals surface area contributed by atoms with Crippen molar-refractivity contribution in [1.82, 2.24) is 0 Å². The number of benzene rings is 1. The number of thiophene rings is 1. The lowest BCUT2D eigenvalue weighted by molar-refractivity contribution is 0.103. The second-order valence-electron chi connectivity index (χ2n) is 3.49. The molecule has 19 heavy (non-hydrogen) atoms. The van der Waals surface area contributed by atoms with Crippen molar-refractivity contribution in [2.75, 3.05) is 5.32 Å². The van der Waals surface area contributed by atoms with E-state index in [2.05, 4.69) is 37.2 Å². The van der Waals surface area contributed by atoms with Crippen molar-refractivity contribution in [3.05, 3.63) is 48.8 Å². The predicted molar refractivity (Wildman–Crippen MR) is 78.8 cm³/mol. The first-order chi connectivity index (χ1) is 9.01. The molecule has 0 unspecified atom stereocenters. The summed E-state index contributed by atoms with van der Waals surface area (Å²) in [6.07, 6.45) is 0. The van der Waals surface area contributed by atoms with Gasteiger partial charge in [0.1, 0.15) is 11.9 Å². The van der Waals surface area contributed by atoms with E-state index in [1.807, 2.05) is 0 Å². The van der Waals surface area contributed by atoms with Gasteiger partial charge in [0, 0.05) is 10.2 Å². The summed E-state index contributed by atoms with van der Waals surface area (Å²) in [6, 6.07) is 7.25. The Kier molecular flexibility index (Phi) is 4.34. The van der Waals surface area contributed by atoms with Crippen molar-refractivity contribution >= 4 is 54.8 Å². The summed E-state index contributed by atoms with van der Waals surface area (Å²) in [6.45, 7) is 0. The molecule has 2 rings (SSSR count). The minimum absolute atomic E-state index is 0.105. The van der Waals surface area contributed by atoms with Gasteiger partial charge in [-0.15, -0.1) is 11.3 Å². The third-order valence-electron chi connectivity index (χ3n) is 2.21. The highest BCUT2D eigenvalue weighted by molar-refractivity contribution is 9.13. The lowest BCUT2D eigenvalue weighted by atomic mass is 10.2. The Hall–Kier alpha value is -1.23. The van der Waals surface area contributed by atoms with Crippen molar-refractivity contribution < 1.29 is 9.18 Å². The first kappa shape index (κ1) is 14.2. The maximum Gasteiger partial charge on any atom is 0.265 e. The number of rotatable bonds is 2. The monoisotopic (exact) mass is 402 g/mol. The first-order valence-electron chi connectivity index (χ1n) is 4.97. The molecule has 0 saturated carbocycles. The maximum absolute atomic E-state index is 13.1. The van der Waals surface area contributed by atoms with Crippen LogP contribution in [-0.4, -0.2) is 5.91 Å². The summed E-state index contributed by atoms with van der Waals surface area (Å²) in [5, 5.41) is 11.3. The number of carbonyl (C=O) groups excluding carboxylic acids is 1. The molecule has 0 aliphatic rings. The van der Waals surface area contributed by atoms with Crippen molar-refractivity contribution in [1.29, 1.82) is 5.26 Å². The van der Waals surface area contributed by atoms with Crippen LogP contribution < -0.4 is 5.32 Å². The second kappa shape index (κ2) is 5.82. The summed E-state index contributed by atoms with van der Waals surface area (Å²) in [5.74, 6) is -0.922. The van der Waals surface area contributed by atoms with E-state index in [0.717, 1.165) is 14.3 Å². The van der Waals surface area contributed by atoms with E-state index in [9.17, 15) is 9.18 Å². The molecule has 3 nitrogen and oxygen atoms in total. The smallest absolute Gasteiger partial charge is 0.265 e. The van der Waals surface area contributed by atoms with Gasteiger partial charge in [0.2, 0.25) is 0 Å². The lowest BCUT2D eigenvalue weighted by Gasteiger charge is -2.04. The fourth-order valence-electron chi connectivity index (χ4n) is 1.34. The van der Waals surface area contributed by atoms with E-state index in [1.165, 1.54) is 23.5 Å². The quantitative estimate of drug-likeness (QED) is 0.800. The number of amides is 1. The van der Waals surface area contributed by atoms with Gasteiger partial charge in [0.05, 0.1) is 14.2 Å². The number of hydrogen-bond acceptors (Lipinski definition) is 3. The Labute approximate surface area is 129 Å². The minimum atomic E-state index is -0.609. The number of nitrogens with zero attached hydrogens (tertiary/aromatic N) is 1. The Morgan fingerprint density at radius 1 is 1.37 bits per heavy atom. The SMILES string of the molecule is N#Cc1cc(NC(=O)c2cc(Br)c(Br)s2)ccc1F. The van der Waals surface area contributed by atoms with Gasteiger partial charge in [-0.2, -0.15) is 5.26 Å². The normalized spacial score (nSPS) is 10.0. The van der Waals surface area contributed by atoms with Gasteiger partial charge in [0.25, 0.3) is 5.91 Å². The van der Waals surface area contributed by atoms with Crippen LogP contribution in [0.1, 0.15) is 15.2 Å².